The van der Waals surface area contributed by atoms with Crippen molar-refractivity contribution in [1.29, 1.82) is 0 Å². The molecule has 2 saturated heterocycles. The minimum absolute atomic E-state index is 0.825. The van der Waals surface area contributed by atoms with Crippen molar-refractivity contribution < 1.29 is 4.74 Å². The zero-order chi connectivity index (χ0) is 12.9. The van der Waals surface area contributed by atoms with Crippen LogP contribution in [0.5, 0.6) is 0 Å². The summed E-state index contributed by atoms with van der Waals surface area (Å²) >= 11 is 0. The van der Waals surface area contributed by atoms with Crippen molar-refractivity contribution in [3.63, 3.8) is 0 Å². The number of hydrogen-bond acceptors (Lipinski definition) is 5. The first-order valence-corrected chi connectivity index (χ1v) is 7.23. The summed E-state index contributed by atoms with van der Waals surface area (Å²) in [5.41, 5.74) is 0. The molecule has 5 nitrogen and oxygen atoms in total. The Morgan fingerprint density at radius 1 is 1.11 bits per heavy atom. The zero-order valence-electron chi connectivity index (χ0n) is 11.4. The molecule has 3 rings (SSSR count). The van der Waals surface area contributed by atoms with Gasteiger partial charge in [0.15, 0.2) is 0 Å². The second-order valence-corrected chi connectivity index (χ2v) is 5.41. The van der Waals surface area contributed by atoms with Gasteiger partial charge in [0.25, 0.3) is 0 Å². The van der Waals surface area contributed by atoms with E-state index in [1.54, 1.807) is 12.4 Å². The molecule has 0 bridgehead atoms. The van der Waals surface area contributed by atoms with E-state index in [-0.39, 0.29) is 0 Å². The van der Waals surface area contributed by atoms with Crippen LogP contribution in [-0.4, -0.2) is 60.8 Å². The molecule has 3 heterocycles. The third-order valence-electron chi connectivity index (χ3n) is 4.11. The molecule has 1 aromatic rings. The average molecular weight is 262 g/mol. The minimum atomic E-state index is 0.825. The molecule has 19 heavy (non-hydrogen) atoms. The third kappa shape index (κ3) is 3.42. The van der Waals surface area contributed by atoms with Crippen molar-refractivity contribution in [2.75, 3.05) is 50.8 Å². The van der Waals surface area contributed by atoms with Gasteiger partial charge in [0, 0.05) is 45.1 Å². The third-order valence-corrected chi connectivity index (χ3v) is 4.11. The van der Waals surface area contributed by atoms with Gasteiger partial charge in [-0.2, -0.15) is 0 Å². The molecule has 0 spiro atoms. The van der Waals surface area contributed by atoms with Crippen molar-refractivity contribution in [2.24, 2.45) is 5.92 Å². The highest BCUT2D eigenvalue weighted by atomic mass is 16.5. The standard InChI is InChI=1S/C14H22N4O/c1-5-18(14-11-15-3-4-16-14)6-2-13(1)12-17-7-9-19-10-8-17/h3-4,11,13H,1-2,5-10,12H2. The Hall–Kier alpha value is -1.20. The van der Waals surface area contributed by atoms with Gasteiger partial charge >= 0.3 is 0 Å². The van der Waals surface area contributed by atoms with Gasteiger partial charge in [0.2, 0.25) is 0 Å². The highest BCUT2D eigenvalue weighted by molar-refractivity contribution is 5.35. The number of piperidine rings is 1. The van der Waals surface area contributed by atoms with E-state index >= 15 is 0 Å². The molecule has 0 aliphatic carbocycles. The lowest BCUT2D eigenvalue weighted by atomic mass is 9.96. The number of anilines is 1. The molecule has 0 amide bonds. The van der Waals surface area contributed by atoms with Crippen LogP contribution in [0, 0.1) is 5.92 Å². The summed E-state index contributed by atoms with van der Waals surface area (Å²) in [5.74, 6) is 1.85. The van der Waals surface area contributed by atoms with Crippen LogP contribution < -0.4 is 4.90 Å². The average Bonchev–Trinajstić information content (AvgIpc) is 2.50. The lowest BCUT2D eigenvalue weighted by Gasteiger charge is -2.36. The monoisotopic (exact) mass is 262 g/mol. The van der Waals surface area contributed by atoms with Crippen LogP contribution in [0.4, 0.5) is 5.82 Å². The van der Waals surface area contributed by atoms with E-state index in [1.807, 2.05) is 6.20 Å². The quantitative estimate of drug-likeness (QED) is 0.813. The minimum Gasteiger partial charge on any atom is -0.379 e. The Labute approximate surface area is 114 Å². The molecule has 2 aliphatic heterocycles. The summed E-state index contributed by atoms with van der Waals surface area (Å²) in [7, 11) is 0. The first-order chi connectivity index (χ1) is 9.42. The predicted octanol–water partition coefficient (Wildman–Crippen LogP) is 1.03. The van der Waals surface area contributed by atoms with E-state index in [0.717, 1.165) is 51.1 Å². The zero-order valence-corrected chi connectivity index (χ0v) is 11.4. The van der Waals surface area contributed by atoms with Gasteiger partial charge in [-0.1, -0.05) is 0 Å². The molecule has 0 radical (unpaired) electrons. The fraction of sp³-hybridized carbons (Fsp3) is 0.714. The second-order valence-electron chi connectivity index (χ2n) is 5.41. The van der Waals surface area contributed by atoms with Crippen LogP contribution in [0.25, 0.3) is 0 Å². The molecule has 2 fully saturated rings. The van der Waals surface area contributed by atoms with Gasteiger partial charge < -0.3 is 9.64 Å². The second kappa shape index (κ2) is 6.30. The number of morpholine rings is 1. The molecule has 1 aromatic heterocycles. The largest absolute Gasteiger partial charge is 0.379 e. The van der Waals surface area contributed by atoms with Crippen molar-refractivity contribution in [3.05, 3.63) is 18.6 Å². The lowest BCUT2D eigenvalue weighted by molar-refractivity contribution is 0.0289. The molecule has 0 aromatic carbocycles. The van der Waals surface area contributed by atoms with E-state index in [0.29, 0.717) is 0 Å². The molecule has 104 valence electrons. The van der Waals surface area contributed by atoms with Gasteiger partial charge in [-0.25, -0.2) is 4.98 Å². The normalized spacial score (nSPS) is 22.6. The Morgan fingerprint density at radius 2 is 1.89 bits per heavy atom. The maximum atomic E-state index is 5.40. The summed E-state index contributed by atoms with van der Waals surface area (Å²) in [6.07, 6.45) is 7.88. The number of rotatable bonds is 3. The summed E-state index contributed by atoms with van der Waals surface area (Å²) in [5, 5.41) is 0. The van der Waals surface area contributed by atoms with Gasteiger partial charge in [0.05, 0.1) is 19.4 Å². The maximum absolute atomic E-state index is 5.40. The van der Waals surface area contributed by atoms with Gasteiger partial charge in [-0.3, -0.25) is 9.88 Å². The molecule has 2 aliphatic rings. The van der Waals surface area contributed by atoms with Crippen LogP contribution in [0.2, 0.25) is 0 Å². The Balaban J connectivity index is 1.46. The van der Waals surface area contributed by atoms with Crippen LogP contribution in [0.15, 0.2) is 18.6 Å². The smallest absolute Gasteiger partial charge is 0.147 e. The van der Waals surface area contributed by atoms with Gasteiger partial charge in [-0.15, -0.1) is 0 Å². The summed E-state index contributed by atoms with van der Waals surface area (Å²) in [6.45, 7) is 7.45. The number of ether oxygens (including phenoxy) is 1. The molecular formula is C14H22N4O. The number of nitrogens with zero attached hydrogens (tertiary/aromatic N) is 4. The summed E-state index contributed by atoms with van der Waals surface area (Å²) < 4.78 is 5.40. The lowest BCUT2D eigenvalue weighted by Crippen LogP contribution is -2.43. The number of hydrogen-bond donors (Lipinski definition) is 0. The fourth-order valence-corrected chi connectivity index (χ4v) is 2.95. The summed E-state index contributed by atoms with van der Waals surface area (Å²) in [6, 6.07) is 0. The van der Waals surface area contributed by atoms with E-state index in [9.17, 15) is 0 Å². The van der Waals surface area contributed by atoms with E-state index in [2.05, 4.69) is 19.8 Å². The Kier molecular flexibility index (Phi) is 4.25. The van der Waals surface area contributed by atoms with Crippen molar-refractivity contribution in [2.45, 2.75) is 12.8 Å². The summed E-state index contributed by atoms with van der Waals surface area (Å²) in [4.78, 5) is 13.4. The SMILES string of the molecule is c1cnc(N2CCC(CN3CCOCC3)CC2)cn1. The molecule has 0 atom stereocenters. The fourth-order valence-electron chi connectivity index (χ4n) is 2.95. The highest BCUT2D eigenvalue weighted by Gasteiger charge is 2.22. The van der Waals surface area contributed by atoms with Crippen LogP contribution in [0.3, 0.4) is 0 Å². The Morgan fingerprint density at radius 3 is 2.58 bits per heavy atom. The van der Waals surface area contributed by atoms with Crippen molar-refractivity contribution in [1.82, 2.24) is 14.9 Å². The first-order valence-electron chi connectivity index (χ1n) is 7.23. The van der Waals surface area contributed by atoms with Crippen LogP contribution >= 0.6 is 0 Å². The molecule has 5 heteroatoms. The Bertz CT molecular complexity index is 372. The van der Waals surface area contributed by atoms with Crippen LogP contribution in [-0.2, 0) is 4.74 Å². The van der Waals surface area contributed by atoms with Gasteiger partial charge in [-0.05, 0) is 18.8 Å². The van der Waals surface area contributed by atoms with E-state index in [4.69, 9.17) is 4.74 Å². The number of aromatic nitrogens is 2. The molecule has 0 unspecified atom stereocenters. The van der Waals surface area contributed by atoms with Gasteiger partial charge in [0.1, 0.15) is 5.82 Å². The van der Waals surface area contributed by atoms with Crippen molar-refractivity contribution in [3.8, 4) is 0 Å². The molecule has 0 N–H and O–H groups in total. The van der Waals surface area contributed by atoms with Crippen LogP contribution in [0.1, 0.15) is 12.8 Å². The highest BCUT2D eigenvalue weighted by Crippen LogP contribution is 2.22. The first kappa shape index (κ1) is 12.8. The maximum Gasteiger partial charge on any atom is 0.147 e. The molecule has 0 saturated carbocycles. The van der Waals surface area contributed by atoms with E-state index in [1.165, 1.54) is 19.4 Å². The van der Waals surface area contributed by atoms with Crippen molar-refractivity contribution >= 4 is 5.82 Å². The molecular weight excluding hydrogens is 240 g/mol. The van der Waals surface area contributed by atoms with E-state index < -0.39 is 0 Å². The topological polar surface area (TPSA) is 41.5 Å². The predicted molar refractivity (Wildman–Crippen MR) is 74.2 cm³/mol.